The fraction of sp³-hybridized carbons (Fsp3) is 0.381. The second-order valence-electron chi connectivity index (χ2n) is 7.00. The average Bonchev–Trinajstić information content (AvgIpc) is 3.47. The first kappa shape index (κ1) is 20.3. The van der Waals surface area contributed by atoms with Crippen molar-refractivity contribution in [3.05, 3.63) is 65.7 Å². The molecule has 2 aromatic rings. The van der Waals surface area contributed by atoms with Gasteiger partial charge in [0.1, 0.15) is 5.75 Å². The Labute approximate surface area is 161 Å². The fourth-order valence-electron chi connectivity index (χ4n) is 3.14. The zero-order valence-electron chi connectivity index (χ0n) is 15.1. The lowest BCUT2D eigenvalue weighted by atomic mass is 9.96. The van der Waals surface area contributed by atoms with E-state index < -0.39 is 0 Å². The van der Waals surface area contributed by atoms with Crippen molar-refractivity contribution in [2.45, 2.75) is 31.7 Å². The maximum atomic E-state index is 12.3. The predicted octanol–water partition coefficient (Wildman–Crippen LogP) is 3.32. The van der Waals surface area contributed by atoms with Crippen LogP contribution in [0, 0.1) is 5.92 Å². The van der Waals surface area contributed by atoms with Crippen molar-refractivity contribution in [1.82, 2.24) is 5.32 Å². The highest BCUT2D eigenvalue weighted by Gasteiger charge is 2.41. The van der Waals surface area contributed by atoms with Crippen molar-refractivity contribution in [2.75, 3.05) is 13.2 Å². The van der Waals surface area contributed by atoms with Gasteiger partial charge in [-0.05, 0) is 42.9 Å². The van der Waals surface area contributed by atoms with Crippen LogP contribution in [0.1, 0.15) is 30.9 Å². The van der Waals surface area contributed by atoms with Gasteiger partial charge in [0, 0.05) is 13.0 Å². The molecule has 1 amide bonds. The van der Waals surface area contributed by atoms with Crippen LogP contribution in [0.5, 0.6) is 5.75 Å². The molecule has 140 valence electrons. The Kier molecular flexibility index (Phi) is 7.06. The molecule has 1 saturated carbocycles. The van der Waals surface area contributed by atoms with Crippen LogP contribution < -0.4 is 15.8 Å². The topological polar surface area (TPSA) is 64.3 Å². The Hall–Kier alpha value is -2.04. The van der Waals surface area contributed by atoms with Crippen molar-refractivity contribution >= 4 is 18.3 Å². The molecule has 0 radical (unpaired) electrons. The molecule has 0 bridgehead atoms. The smallest absolute Gasteiger partial charge is 0.258 e. The lowest BCUT2D eigenvalue weighted by Crippen LogP contribution is -2.54. The number of carbonyl (C=O) groups is 1. The van der Waals surface area contributed by atoms with Crippen LogP contribution in [-0.4, -0.2) is 24.6 Å². The summed E-state index contributed by atoms with van der Waals surface area (Å²) in [7, 11) is 0. The number of carbonyl (C=O) groups excluding carboxylic acids is 1. The third-order valence-corrected chi connectivity index (χ3v) is 4.90. The van der Waals surface area contributed by atoms with Gasteiger partial charge in [0.25, 0.3) is 5.91 Å². The van der Waals surface area contributed by atoms with Crippen molar-refractivity contribution in [3.63, 3.8) is 0 Å². The number of hydrogen-bond donors (Lipinski definition) is 2. The third-order valence-electron chi connectivity index (χ3n) is 4.90. The molecule has 1 aliphatic rings. The summed E-state index contributed by atoms with van der Waals surface area (Å²) >= 11 is 0. The van der Waals surface area contributed by atoms with Gasteiger partial charge >= 0.3 is 0 Å². The maximum absolute atomic E-state index is 12.3. The van der Waals surface area contributed by atoms with Crippen LogP contribution in [0.2, 0.25) is 0 Å². The van der Waals surface area contributed by atoms with Crippen LogP contribution in [0.4, 0.5) is 0 Å². The highest BCUT2D eigenvalue weighted by atomic mass is 35.5. The molecular formula is C21H27ClN2O2. The van der Waals surface area contributed by atoms with Gasteiger partial charge in [0.05, 0.1) is 5.54 Å². The van der Waals surface area contributed by atoms with E-state index in [2.05, 4.69) is 17.4 Å². The lowest BCUT2D eigenvalue weighted by Gasteiger charge is -2.29. The predicted molar refractivity (Wildman–Crippen MR) is 107 cm³/mol. The molecule has 0 aliphatic heterocycles. The number of para-hydroxylation sites is 1. The van der Waals surface area contributed by atoms with Crippen LogP contribution in [0.25, 0.3) is 0 Å². The summed E-state index contributed by atoms with van der Waals surface area (Å²) in [5, 5.41) is 3.06. The number of nitrogens with one attached hydrogen (secondary N) is 1. The Balaban J connectivity index is 0.00000243. The van der Waals surface area contributed by atoms with Crippen LogP contribution >= 0.6 is 12.4 Å². The maximum Gasteiger partial charge on any atom is 0.258 e. The van der Waals surface area contributed by atoms with E-state index in [4.69, 9.17) is 10.5 Å². The molecule has 3 rings (SSSR count). The molecule has 1 atom stereocenters. The Morgan fingerprint density at radius 2 is 1.81 bits per heavy atom. The summed E-state index contributed by atoms with van der Waals surface area (Å²) in [5.74, 6) is 1.13. The minimum Gasteiger partial charge on any atom is -0.483 e. The zero-order chi connectivity index (χ0) is 17.7. The second-order valence-corrected chi connectivity index (χ2v) is 7.00. The Bertz CT molecular complexity index is 719. The summed E-state index contributed by atoms with van der Waals surface area (Å²) in [5.41, 5.74) is 7.83. The van der Waals surface area contributed by atoms with Gasteiger partial charge in [-0.15, -0.1) is 12.4 Å². The molecular weight excluding hydrogens is 348 g/mol. The lowest BCUT2D eigenvalue weighted by molar-refractivity contribution is -0.125. The molecule has 4 nitrogen and oxygen atoms in total. The van der Waals surface area contributed by atoms with E-state index in [9.17, 15) is 4.79 Å². The summed E-state index contributed by atoms with van der Waals surface area (Å²) in [4.78, 5) is 12.3. The Morgan fingerprint density at radius 3 is 2.46 bits per heavy atom. The highest BCUT2D eigenvalue weighted by molar-refractivity contribution is 5.85. The number of halogens is 1. The van der Waals surface area contributed by atoms with Crippen molar-refractivity contribution in [2.24, 2.45) is 11.7 Å². The minimum atomic E-state index is -0.315. The molecule has 5 heteroatoms. The van der Waals surface area contributed by atoms with Gasteiger partial charge in [-0.25, -0.2) is 0 Å². The summed E-state index contributed by atoms with van der Waals surface area (Å²) in [6, 6.07) is 18.1. The van der Waals surface area contributed by atoms with Gasteiger partial charge in [-0.1, -0.05) is 48.5 Å². The number of ether oxygens (including phenoxy) is 1. The first-order chi connectivity index (χ1) is 12.1. The summed E-state index contributed by atoms with van der Waals surface area (Å²) in [6.45, 7) is 2.48. The number of nitrogens with two attached hydrogens (primary N) is 1. The first-order valence-corrected chi connectivity index (χ1v) is 8.86. The third kappa shape index (κ3) is 5.23. The monoisotopic (exact) mass is 374 g/mol. The van der Waals surface area contributed by atoms with E-state index in [0.29, 0.717) is 12.5 Å². The molecule has 26 heavy (non-hydrogen) atoms. The van der Waals surface area contributed by atoms with Gasteiger partial charge in [0.2, 0.25) is 0 Å². The molecule has 1 fully saturated rings. The van der Waals surface area contributed by atoms with Crippen molar-refractivity contribution in [1.29, 1.82) is 0 Å². The normalized spacial score (nSPS) is 15.5. The molecule has 0 aromatic heterocycles. The molecule has 1 unspecified atom stereocenters. The summed E-state index contributed by atoms with van der Waals surface area (Å²) in [6.07, 6.45) is 3.05. The molecule has 3 N–H and O–H groups in total. The quantitative estimate of drug-likeness (QED) is 0.745. The van der Waals surface area contributed by atoms with Crippen LogP contribution in [0.15, 0.2) is 54.6 Å². The van der Waals surface area contributed by atoms with E-state index in [1.165, 1.54) is 5.56 Å². The Morgan fingerprint density at radius 1 is 1.15 bits per heavy atom. The molecule has 0 spiro atoms. The van der Waals surface area contributed by atoms with Gasteiger partial charge in [-0.2, -0.15) is 0 Å². The number of benzene rings is 2. The number of hydrogen-bond acceptors (Lipinski definition) is 3. The highest BCUT2D eigenvalue weighted by Crippen LogP contribution is 2.38. The van der Waals surface area contributed by atoms with E-state index >= 15 is 0 Å². The SMILES string of the molecule is CC(CN)(NC(=O)COc1ccccc1Cc1ccccc1)C1CC1.Cl. The van der Waals surface area contributed by atoms with Crippen LogP contribution in [-0.2, 0) is 11.2 Å². The van der Waals surface area contributed by atoms with E-state index in [1.54, 1.807) is 0 Å². The van der Waals surface area contributed by atoms with Crippen molar-refractivity contribution < 1.29 is 9.53 Å². The van der Waals surface area contributed by atoms with E-state index in [0.717, 1.165) is 30.6 Å². The molecule has 0 heterocycles. The average molecular weight is 375 g/mol. The van der Waals surface area contributed by atoms with Crippen molar-refractivity contribution in [3.8, 4) is 5.75 Å². The zero-order valence-corrected chi connectivity index (χ0v) is 15.9. The molecule has 2 aromatic carbocycles. The first-order valence-electron chi connectivity index (χ1n) is 8.86. The largest absolute Gasteiger partial charge is 0.483 e. The standard InChI is InChI=1S/C21H26N2O2.ClH/c1-21(15-22,18-11-12-18)23-20(24)14-25-19-10-6-5-9-17(19)13-16-7-3-2-4-8-16;/h2-10,18H,11-15,22H2,1H3,(H,23,24);1H. The van der Waals surface area contributed by atoms with Gasteiger partial charge < -0.3 is 15.8 Å². The fourth-order valence-corrected chi connectivity index (χ4v) is 3.14. The van der Waals surface area contributed by atoms with Gasteiger partial charge in [0.15, 0.2) is 6.61 Å². The minimum absolute atomic E-state index is 0. The molecule has 0 saturated heterocycles. The number of rotatable bonds is 8. The second kappa shape index (κ2) is 9.06. The molecule has 1 aliphatic carbocycles. The summed E-state index contributed by atoms with van der Waals surface area (Å²) < 4.78 is 5.81. The number of amides is 1. The van der Waals surface area contributed by atoms with E-state index in [-0.39, 0.29) is 30.5 Å². The van der Waals surface area contributed by atoms with E-state index in [1.807, 2.05) is 49.4 Å². The van der Waals surface area contributed by atoms with Gasteiger partial charge in [-0.3, -0.25) is 4.79 Å². The van der Waals surface area contributed by atoms with Crippen LogP contribution in [0.3, 0.4) is 0 Å².